The van der Waals surface area contributed by atoms with E-state index in [2.05, 4.69) is 42.9 Å². The van der Waals surface area contributed by atoms with E-state index in [9.17, 15) is 0 Å². The summed E-state index contributed by atoms with van der Waals surface area (Å²) in [6, 6.07) is 0. The first-order chi connectivity index (χ1) is 10.1. The van der Waals surface area contributed by atoms with E-state index in [4.69, 9.17) is 4.98 Å². The quantitative estimate of drug-likeness (QED) is 0.873. The van der Waals surface area contributed by atoms with Gasteiger partial charge in [0.25, 0.3) is 0 Å². The van der Waals surface area contributed by atoms with Gasteiger partial charge in [0.2, 0.25) is 5.95 Å². The van der Waals surface area contributed by atoms with Crippen molar-refractivity contribution < 1.29 is 0 Å². The zero-order valence-corrected chi connectivity index (χ0v) is 14.1. The summed E-state index contributed by atoms with van der Waals surface area (Å²) < 4.78 is 0. The van der Waals surface area contributed by atoms with Gasteiger partial charge in [-0.25, -0.2) is 9.97 Å². The second-order valence-electron chi connectivity index (χ2n) is 6.26. The first-order valence-electron chi connectivity index (χ1n) is 8.42. The maximum atomic E-state index is 4.72. The van der Waals surface area contributed by atoms with Crippen molar-refractivity contribution in [1.82, 2.24) is 15.3 Å². The second kappa shape index (κ2) is 7.21. The Kier molecular flexibility index (Phi) is 5.57. The number of piperidine rings is 1. The third-order valence-corrected chi connectivity index (χ3v) is 5.24. The van der Waals surface area contributed by atoms with Crippen LogP contribution in [0.5, 0.6) is 0 Å². The van der Waals surface area contributed by atoms with Gasteiger partial charge in [0.1, 0.15) is 0 Å². The fraction of sp³-hybridized carbons (Fsp3) is 0.765. The molecule has 1 N–H and O–H groups in total. The molecule has 0 radical (unpaired) electrons. The van der Waals surface area contributed by atoms with Gasteiger partial charge < -0.3 is 10.2 Å². The molecule has 1 aliphatic heterocycles. The van der Waals surface area contributed by atoms with Crippen molar-refractivity contribution in [1.29, 1.82) is 0 Å². The monoisotopic (exact) mass is 290 g/mol. The van der Waals surface area contributed by atoms with Gasteiger partial charge in [-0.05, 0) is 31.7 Å². The fourth-order valence-electron chi connectivity index (χ4n) is 3.20. The molecule has 0 amide bonds. The second-order valence-corrected chi connectivity index (χ2v) is 6.26. The molecule has 2 heterocycles. The summed E-state index contributed by atoms with van der Waals surface area (Å²) in [6.45, 7) is 12.9. The minimum Gasteiger partial charge on any atom is -0.341 e. The molecule has 2 rings (SSSR count). The predicted molar refractivity (Wildman–Crippen MR) is 88.6 cm³/mol. The maximum absolute atomic E-state index is 4.72. The number of aryl methyl sites for hydroxylation is 1. The number of nitrogens with zero attached hydrogens (tertiary/aromatic N) is 3. The highest BCUT2D eigenvalue weighted by molar-refractivity contribution is 5.33. The Hall–Kier alpha value is -1.16. The zero-order valence-electron chi connectivity index (χ0n) is 14.1. The third kappa shape index (κ3) is 3.73. The van der Waals surface area contributed by atoms with Crippen LogP contribution < -0.4 is 10.2 Å². The Morgan fingerprint density at radius 3 is 2.38 bits per heavy atom. The molecule has 0 bridgehead atoms. The number of anilines is 1. The SMILES string of the molecule is CCNCc1cnc(N2CCC(CC)(CC)CC2)nc1C. The average Bonchev–Trinajstić information content (AvgIpc) is 2.54. The first-order valence-corrected chi connectivity index (χ1v) is 8.42. The molecule has 1 aliphatic rings. The molecule has 0 atom stereocenters. The smallest absolute Gasteiger partial charge is 0.225 e. The number of nitrogens with one attached hydrogen (secondary N) is 1. The summed E-state index contributed by atoms with van der Waals surface area (Å²) in [5, 5.41) is 3.34. The zero-order chi connectivity index (χ0) is 15.3. The minimum absolute atomic E-state index is 0.552. The summed E-state index contributed by atoms with van der Waals surface area (Å²) >= 11 is 0. The molecular formula is C17H30N4. The topological polar surface area (TPSA) is 41.1 Å². The normalized spacial score (nSPS) is 18.0. The molecule has 1 saturated heterocycles. The van der Waals surface area contributed by atoms with Crippen molar-refractivity contribution >= 4 is 5.95 Å². The summed E-state index contributed by atoms with van der Waals surface area (Å²) in [7, 11) is 0. The van der Waals surface area contributed by atoms with E-state index in [1.54, 1.807) is 0 Å². The molecular weight excluding hydrogens is 260 g/mol. The van der Waals surface area contributed by atoms with Crippen LogP contribution >= 0.6 is 0 Å². The Bertz CT molecular complexity index is 444. The number of hydrogen-bond donors (Lipinski definition) is 1. The summed E-state index contributed by atoms with van der Waals surface area (Å²) in [5.41, 5.74) is 2.86. The lowest BCUT2D eigenvalue weighted by Crippen LogP contribution is -2.40. The maximum Gasteiger partial charge on any atom is 0.225 e. The lowest BCUT2D eigenvalue weighted by atomic mass is 9.74. The van der Waals surface area contributed by atoms with E-state index in [0.717, 1.165) is 37.8 Å². The van der Waals surface area contributed by atoms with Crippen molar-refractivity contribution in [3.05, 3.63) is 17.5 Å². The predicted octanol–water partition coefficient (Wildman–Crippen LogP) is 3.30. The highest BCUT2D eigenvalue weighted by atomic mass is 15.3. The Balaban J connectivity index is 2.02. The highest BCUT2D eigenvalue weighted by Gasteiger charge is 2.32. The third-order valence-electron chi connectivity index (χ3n) is 5.24. The molecule has 118 valence electrons. The van der Waals surface area contributed by atoms with Gasteiger partial charge in [-0.3, -0.25) is 0 Å². The Morgan fingerprint density at radius 1 is 1.19 bits per heavy atom. The van der Waals surface area contributed by atoms with Crippen LogP contribution in [0.4, 0.5) is 5.95 Å². The van der Waals surface area contributed by atoms with Crippen LogP contribution in [0, 0.1) is 12.3 Å². The van der Waals surface area contributed by atoms with Gasteiger partial charge in [0.05, 0.1) is 0 Å². The van der Waals surface area contributed by atoms with E-state index >= 15 is 0 Å². The number of aromatic nitrogens is 2. The molecule has 0 saturated carbocycles. The van der Waals surface area contributed by atoms with Crippen LogP contribution in [0.1, 0.15) is 57.7 Å². The van der Waals surface area contributed by atoms with E-state index in [0.29, 0.717) is 5.41 Å². The van der Waals surface area contributed by atoms with Crippen molar-refractivity contribution in [2.24, 2.45) is 5.41 Å². The standard InChI is InChI=1S/C17H30N4/c1-5-17(6-2)8-10-21(11-9-17)16-19-13-15(12-18-7-3)14(4)20-16/h13,18H,5-12H2,1-4H3. The van der Waals surface area contributed by atoms with E-state index in [-0.39, 0.29) is 0 Å². The lowest BCUT2D eigenvalue weighted by molar-refractivity contribution is 0.198. The van der Waals surface area contributed by atoms with Crippen molar-refractivity contribution in [3.8, 4) is 0 Å². The van der Waals surface area contributed by atoms with Crippen molar-refractivity contribution in [2.75, 3.05) is 24.5 Å². The van der Waals surface area contributed by atoms with Crippen LogP contribution in [0.25, 0.3) is 0 Å². The Morgan fingerprint density at radius 2 is 1.86 bits per heavy atom. The molecule has 1 aromatic rings. The minimum atomic E-state index is 0.552. The van der Waals surface area contributed by atoms with Gasteiger partial charge in [0.15, 0.2) is 0 Å². The molecule has 4 heteroatoms. The molecule has 0 spiro atoms. The highest BCUT2D eigenvalue weighted by Crippen LogP contribution is 2.38. The van der Waals surface area contributed by atoms with Gasteiger partial charge in [-0.15, -0.1) is 0 Å². The van der Waals surface area contributed by atoms with Crippen LogP contribution in [0.2, 0.25) is 0 Å². The number of rotatable bonds is 6. The van der Waals surface area contributed by atoms with Crippen LogP contribution in [-0.2, 0) is 6.54 Å². The lowest BCUT2D eigenvalue weighted by Gasteiger charge is -2.41. The first kappa shape index (κ1) is 16.2. The number of hydrogen-bond acceptors (Lipinski definition) is 4. The van der Waals surface area contributed by atoms with Gasteiger partial charge in [-0.2, -0.15) is 0 Å². The van der Waals surface area contributed by atoms with E-state index < -0.39 is 0 Å². The summed E-state index contributed by atoms with van der Waals surface area (Å²) in [5.74, 6) is 0.911. The molecule has 4 nitrogen and oxygen atoms in total. The average molecular weight is 290 g/mol. The van der Waals surface area contributed by atoms with Crippen LogP contribution in [0.3, 0.4) is 0 Å². The van der Waals surface area contributed by atoms with Gasteiger partial charge in [0, 0.05) is 37.1 Å². The molecule has 0 aliphatic carbocycles. The van der Waals surface area contributed by atoms with Crippen LogP contribution in [-0.4, -0.2) is 29.6 Å². The Labute approximate surface area is 129 Å². The molecule has 1 fully saturated rings. The van der Waals surface area contributed by atoms with Crippen molar-refractivity contribution in [3.63, 3.8) is 0 Å². The van der Waals surface area contributed by atoms with Gasteiger partial charge >= 0.3 is 0 Å². The van der Waals surface area contributed by atoms with Gasteiger partial charge in [-0.1, -0.05) is 33.6 Å². The molecule has 21 heavy (non-hydrogen) atoms. The largest absolute Gasteiger partial charge is 0.341 e. The molecule has 0 unspecified atom stereocenters. The fourth-order valence-corrected chi connectivity index (χ4v) is 3.20. The summed E-state index contributed by atoms with van der Waals surface area (Å²) in [4.78, 5) is 11.7. The van der Waals surface area contributed by atoms with E-state index in [1.165, 1.54) is 31.2 Å². The van der Waals surface area contributed by atoms with Crippen molar-refractivity contribution in [2.45, 2.75) is 59.9 Å². The molecule has 1 aromatic heterocycles. The molecule has 0 aromatic carbocycles. The summed E-state index contributed by atoms with van der Waals surface area (Å²) in [6.07, 6.45) is 7.10. The van der Waals surface area contributed by atoms with Crippen LogP contribution in [0.15, 0.2) is 6.20 Å². The van der Waals surface area contributed by atoms with E-state index in [1.807, 2.05) is 6.20 Å².